The summed E-state index contributed by atoms with van der Waals surface area (Å²) >= 11 is 1.43. The standard InChI is InChI=1S/C15H23NO3S/c1-6-7-8-12(17)16-14-13(10(4)11(5)20-14)15(18)19-9(2)3/h9H,6-8H2,1-5H3,(H,16,17). The van der Waals surface area contributed by atoms with Crippen LogP contribution in [0.15, 0.2) is 0 Å². The first-order valence-corrected chi connectivity index (χ1v) is 7.79. The summed E-state index contributed by atoms with van der Waals surface area (Å²) in [5.41, 5.74) is 1.37. The number of carbonyl (C=O) groups is 2. The predicted octanol–water partition coefficient (Wildman–Crippen LogP) is 4.06. The maximum atomic E-state index is 12.1. The Labute approximate surface area is 124 Å². The summed E-state index contributed by atoms with van der Waals surface area (Å²) in [6.45, 7) is 9.48. The molecule has 1 N–H and O–H groups in total. The molecule has 0 radical (unpaired) electrons. The fourth-order valence-electron chi connectivity index (χ4n) is 1.76. The topological polar surface area (TPSA) is 55.4 Å². The molecule has 0 saturated heterocycles. The van der Waals surface area contributed by atoms with Crippen LogP contribution in [0.5, 0.6) is 0 Å². The van der Waals surface area contributed by atoms with Crippen LogP contribution in [0, 0.1) is 13.8 Å². The minimum Gasteiger partial charge on any atom is -0.459 e. The molecule has 1 aromatic heterocycles. The lowest BCUT2D eigenvalue weighted by atomic mass is 10.1. The molecule has 0 unspecified atom stereocenters. The van der Waals surface area contributed by atoms with Crippen LogP contribution in [0.25, 0.3) is 0 Å². The molecule has 0 aliphatic carbocycles. The van der Waals surface area contributed by atoms with Crippen molar-refractivity contribution in [1.82, 2.24) is 0 Å². The normalized spacial score (nSPS) is 10.7. The highest BCUT2D eigenvalue weighted by Gasteiger charge is 2.22. The van der Waals surface area contributed by atoms with Crippen LogP contribution in [0.1, 0.15) is 60.8 Å². The molecule has 0 atom stereocenters. The van der Waals surface area contributed by atoms with E-state index in [0.29, 0.717) is 17.0 Å². The predicted molar refractivity (Wildman–Crippen MR) is 82.5 cm³/mol. The number of rotatable bonds is 6. The molecular formula is C15H23NO3S. The highest BCUT2D eigenvalue weighted by molar-refractivity contribution is 7.16. The molecule has 20 heavy (non-hydrogen) atoms. The highest BCUT2D eigenvalue weighted by atomic mass is 32.1. The summed E-state index contributed by atoms with van der Waals surface area (Å²) in [6.07, 6.45) is 2.12. The van der Waals surface area contributed by atoms with Crippen LogP contribution in [0.3, 0.4) is 0 Å². The number of aryl methyl sites for hydroxylation is 1. The summed E-state index contributed by atoms with van der Waals surface area (Å²) in [7, 11) is 0. The molecule has 1 rings (SSSR count). The molecule has 112 valence electrons. The van der Waals surface area contributed by atoms with Crippen LogP contribution in [0.4, 0.5) is 5.00 Å². The van der Waals surface area contributed by atoms with Crippen molar-refractivity contribution in [1.29, 1.82) is 0 Å². The minimum absolute atomic E-state index is 0.0494. The Morgan fingerprint density at radius 3 is 2.50 bits per heavy atom. The molecule has 0 bridgehead atoms. The lowest BCUT2D eigenvalue weighted by Crippen LogP contribution is -2.16. The van der Waals surface area contributed by atoms with Crippen molar-refractivity contribution in [2.24, 2.45) is 0 Å². The van der Waals surface area contributed by atoms with Crippen LogP contribution < -0.4 is 5.32 Å². The van der Waals surface area contributed by atoms with Gasteiger partial charge in [-0.05, 0) is 39.7 Å². The van der Waals surface area contributed by atoms with Gasteiger partial charge in [-0.2, -0.15) is 0 Å². The van der Waals surface area contributed by atoms with Crippen LogP contribution in [-0.4, -0.2) is 18.0 Å². The number of amides is 1. The largest absolute Gasteiger partial charge is 0.459 e. The summed E-state index contributed by atoms with van der Waals surface area (Å²) in [4.78, 5) is 25.0. The molecule has 0 aromatic carbocycles. The maximum absolute atomic E-state index is 12.1. The van der Waals surface area contributed by atoms with Gasteiger partial charge in [0.15, 0.2) is 0 Å². The minimum atomic E-state index is -0.368. The Hall–Kier alpha value is -1.36. The number of unbranched alkanes of at least 4 members (excludes halogenated alkanes) is 1. The molecule has 0 aliphatic heterocycles. The first-order valence-electron chi connectivity index (χ1n) is 6.97. The third kappa shape index (κ3) is 4.34. The lowest BCUT2D eigenvalue weighted by Gasteiger charge is -2.10. The van der Waals surface area contributed by atoms with Crippen molar-refractivity contribution >= 4 is 28.2 Å². The van der Waals surface area contributed by atoms with E-state index < -0.39 is 0 Å². The number of carbonyl (C=O) groups excluding carboxylic acids is 2. The molecule has 1 heterocycles. The number of hydrogen-bond donors (Lipinski definition) is 1. The molecule has 0 spiro atoms. The van der Waals surface area contributed by atoms with Gasteiger partial charge in [0.05, 0.1) is 11.7 Å². The smallest absolute Gasteiger partial charge is 0.341 e. The van der Waals surface area contributed by atoms with Crippen molar-refractivity contribution in [2.75, 3.05) is 5.32 Å². The number of thiophene rings is 1. The summed E-state index contributed by atoms with van der Waals surface area (Å²) < 4.78 is 5.25. The van der Waals surface area contributed by atoms with Gasteiger partial charge >= 0.3 is 5.97 Å². The average Bonchev–Trinajstić information content (AvgIpc) is 2.61. The van der Waals surface area contributed by atoms with E-state index in [-0.39, 0.29) is 18.0 Å². The number of ether oxygens (including phenoxy) is 1. The fourth-order valence-corrected chi connectivity index (χ4v) is 2.82. The summed E-state index contributed by atoms with van der Waals surface area (Å²) in [6, 6.07) is 0. The van der Waals surface area contributed by atoms with Crippen molar-refractivity contribution in [2.45, 2.75) is 60.0 Å². The molecule has 0 fully saturated rings. The Kier molecular flexibility index (Phi) is 6.20. The van der Waals surface area contributed by atoms with Crippen LogP contribution >= 0.6 is 11.3 Å². The van der Waals surface area contributed by atoms with E-state index in [1.165, 1.54) is 11.3 Å². The lowest BCUT2D eigenvalue weighted by molar-refractivity contribution is -0.116. The van der Waals surface area contributed by atoms with Gasteiger partial charge in [-0.15, -0.1) is 11.3 Å². The molecule has 4 nitrogen and oxygen atoms in total. The Bertz CT molecular complexity index is 492. The average molecular weight is 297 g/mol. The second-order valence-corrected chi connectivity index (χ2v) is 6.32. The Morgan fingerprint density at radius 1 is 1.30 bits per heavy atom. The third-order valence-electron chi connectivity index (χ3n) is 2.94. The SMILES string of the molecule is CCCCC(=O)Nc1sc(C)c(C)c1C(=O)OC(C)C. The maximum Gasteiger partial charge on any atom is 0.341 e. The molecule has 5 heteroatoms. The van der Waals surface area contributed by atoms with Gasteiger partial charge in [-0.25, -0.2) is 4.79 Å². The van der Waals surface area contributed by atoms with Crippen LogP contribution in [-0.2, 0) is 9.53 Å². The van der Waals surface area contributed by atoms with Gasteiger partial charge in [0.2, 0.25) is 5.91 Å². The molecular weight excluding hydrogens is 274 g/mol. The zero-order chi connectivity index (χ0) is 15.3. The number of esters is 1. The number of hydrogen-bond acceptors (Lipinski definition) is 4. The molecule has 0 saturated carbocycles. The molecule has 0 aliphatic rings. The molecule has 1 aromatic rings. The first-order chi connectivity index (χ1) is 9.36. The second-order valence-electron chi connectivity index (χ2n) is 5.09. The van der Waals surface area contributed by atoms with E-state index in [1.807, 2.05) is 34.6 Å². The van der Waals surface area contributed by atoms with Gasteiger partial charge in [-0.3, -0.25) is 4.79 Å². The monoisotopic (exact) mass is 297 g/mol. The Balaban J connectivity index is 2.93. The van der Waals surface area contributed by atoms with E-state index in [9.17, 15) is 9.59 Å². The van der Waals surface area contributed by atoms with E-state index in [4.69, 9.17) is 4.74 Å². The van der Waals surface area contributed by atoms with Crippen molar-refractivity contribution in [3.8, 4) is 0 Å². The van der Waals surface area contributed by atoms with Gasteiger partial charge in [0.1, 0.15) is 5.00 Å². The zero-order valence-electron chi connectivity index (χ0n) is 12.8. The first kappa shape index (κ1) is 16.7. The van der Waals surface area contributed by atoms with Gasteiger partial charge in [0, 0.05) is 11.3 Å². The van der Waals surface area contributed by atoms with E-state index in [1.54, 1.807) is 0 Å². The molecule has 1 amide bonds. The van der Waals surface area contributed by atoms with Crippen molar-refractivity contribution in [3.05, 3.63) is 16.0 Å². The highest BCUT2D eigenvalue weighted by Crippen LogP contribution is 2.33. The second kappa shape index (κ2) is 7.43. The third-order valence-corrected chi connectivity index (χ3v) is 4.07. The van der Waals surface area contributed by atoms with Gasteiger partial charge < -0.3 is 10.1 Å². The van der Waals surface area contributed by atoms with E-state index in [2.05, 4.69) is 5.32 Å². The van der Waals surface area contributed by atoms with Gasteiger partial charge in [-0.1, -0.05) is 13.3 Å². The summed E-state index contributed by atoms with van der Waals surface area (Å²) in [5.74, 6) is -0.417. The van der Waals surface area contributed by atoms with Crippen molar-refractivity contribution in [3.63, 3.8) is 0 Å². The van der Waals surface area contributed by atoms with Crippen molar-refractivity contribution < 1.29 is 14.3 Å². The zero-order valence-corrected chi connectivity index (χ0v) is 13.6. The fraction of sp³-hybridized carbons (Fsp3) is 0.600. The quantitative estimate of drug-likeness (QED) is 0.806. The number of anilines is 1. The van der Waals surface area contributed by atoms with E-state index >= 15 is 0 Å². The van der Waals surface area contributed by atoms with Gasteiger partial charge in [0.25, 0.3) is 0 Å². The van der Waals surface area contributed by atoms with Crippen LogP contribution in [0.2, 0.25) is 0 Å². The number of nitrogens with one attached hydrogen (secondary N) is 1. The Morgan fingerprint density at radius 2 is 1.95 bits per heavy atom. The van der Waals surface area contributed by atoms with E-state index in [0.717, 1.165) is 23.3 Å². The summed E-state index contributed by atoms with van der Waals surface area (Å²) in [5, 5.41) is 3.44.